The minimum atomic E-state index is -0.941. The van der Waals surface area contributed by atoms with Crippen molar-refractivity contribution in [3.8, 4) is 5.75 Å². The van der Waals surface area contributed by atoms with Gasteiger partial charge < -0.3 is 14.7 Å². The van der Waals surface area contributed by atoms with Gasteiger partial charge in [-0.3, -0.25) is 0 Å². The number of carboxylic acid groups (broad SMARTS) is 1. The Hall–Kier alpha value is -1.55. The minimum Gasteiger partial charge on any atom is -0.493 e. The molecule has 2 unspecified atom stereocenters. The van der Waals surface area contributed by atoms with E-state index in [1.165, 1.54) is 12.8 Å². The summed E-state index contributed by atoms with van der Waals surface area (Å²) in [5.41, 5.74) is 0.234. The summed E-state index contributed by atoms with van der Waals surface area (Å²) in [6, 6.07) is 7.45. The smallest absolute Gasteiger partial charge is 0.339 e. The van der Waals surface area contributed by atoms with Gasteiger partial charge in [-0.25, -0.2) is 4.79 Å². The van der Waals surface area contributed by atoms with Crippen LogP contribution in [0.5, 0.6) is 5.75 Å². The first-order chi connectivity index (χ1) is 10.1. The van der Waals surface area contributed by atoms with Crippen molar-refractivity contribution in [2.75, 3.05) is 19.7 Å². The molecule has 4 nitrogen and oxygen atoms in total. The monoisotopic (exact) mass is 291 g/mol. The Morgan fingerprint density at radius 3 is 2.86 bits per heavy atom. The first-order valence-corrected chi connectivity index (χ1v) is 7.77. The molecule has 1 aliphatic rings. The normalized spacial score (nSPS) is 23.0. The van der Waals surface area contributed by atoms with Crippen LogP contribution in [0.2, 0.25) is 0 Å². The predicted molar refractivity (Wildman–Crippen MR) is 82.9 cm³/mol. The number of carbonyl (C=O) groups is 1. The zero-order valence-electron chi connectivity index (χ0n) is 12.9. The molecule has 0 aliphatic carbocycles. The zero-order valence-corrected chi connectivity index (χ0v) is 12.9. The van der Waals surface area contributed by atoms with Crippen LogP contribution < -0.4 is 4.74 Å². The van der Waals surface area contributed by atoms with E-state index >= 15 is 0 Å². The van der Waals surface area contributed by atoms with Crippen LogP contribution in [0.25, 0.3) is 0 Å². The Bertz CT molecular complexity index is 475. The molecule has 1 heterocycles. The SMILES string of the molecule is CC1CCN(CCCOc2ccccc2C(=O)O)C(C)C1. The number of carboxylic acids is 1. The van der Waals surface area contributed by atoms with Crippen LogP contribution in [0.15, 0.2) is 24.3 Å². The van der Waals surface area contributed by atoms with Gasteiger partial charge in [-0.05, 0) is 50.8 Å². The topological polar surface area (TPSA) is 49.8 Å². The number of benzene rings is 1. The second-order valence-corrected chi connectivity index (χ2v) is 6.02. The highest BCUT2D eigenvalue weighted by Gasteiger charge is 2.22. The van der Waals surface area contributed by atoms with E-state index < -0.39 is 5.97 Å². The Morgan fingerprint density at radius 1 is 1.38 bits per heavy atom. The van der Waals surface area contributed by atoms with E-state index in [0.717, 1.165) is 25.4 Å². The molecule has 0 spiro atoms. The fourth-order valence-corrected chi connectivity index (χ4v) is 3.01. The van der Waals surface area contributed by atoms with Crippen molar-refractivity contribution in [1.29, 1.82) is 0 Å². The summed E-state index contributed by atoms with van der Waals surface area (Å²) in [6.45, 7) is 7.34. The summed E-state index contributed by atoms with van der Waals surface area (Å²) in [6.07, 6.45) is 3.46. The van der Waals surface area contributed by atoms with Crippen molar-refractivity contribution in [2.45, 2.75) is 39.2 Å². The number of piperidine rings is 1. The highest BCUT2D eigenvalue weighted by molar-refractivity contribution is 5.90. The Balaban J connectivity index is 1.76. The van der Waals surface area contributed by atoms with Gasteiger partial charge in [0.25, 0.3) is 0 Å². The minimum absolute atomic E-state index is 0.234. The Kier molecular flexibility index (Phi) is 5.62. The summed E-state index contributed by atoms with van der Waals surface area (Å²) in [5, 5.41) is 9.10. The van der Waals surface area contributed by atoms with Gasteiger partial charge in [-0.15, -0.1) is 0 Å². The second kappa shape index (κ2) is 7.46. The second-order valence-electron chi connectivity index (χ2n) is 6.02. The van der Waals surface area contributed by atoms with Crippen LogP contribution in [-0.2, 0) is 0 Å². The number of aromatic carboxylic acids is 1. The average molecular weight is 291 g/mol. The van der Waals surface area contributed by atoms with Gasteiger partial charge in [0.05, 0.1) is 6.61 Å². The molecular formula is C17H25NO3. The summed E-state index contributed by atoms with van der Waals surface area (Å²) < 4.78 is 5.64. The third-order valence-corrected chi connectivity index (χ3v) is 4.24. The van der Waals surface area contributed by atoms with Gasteiger partial charge >= 0.3 is 5.97 Å². The van der Waals surface area contributed by atoms with E-state index in [1.54, 1.807) is 24.3 Å². The van der Waals surface area contributed by atoms with Crippen molar-refractivity contribution in [2.24, 2.45) is 5.92 Å². The first kappa shape index (κ1) is 15.8. The lowest BCUT2D eigenvalue weighted by atomic mass is 9.93. The molecule has 116 valence electrons. The van der Waals surface area contributed by atoms with Gasteiger partial charge in [0, 0.05) is 12.6 Å². The lowest BCUT2D eigenvalue weighted by Crippen LogP contribution is -2.41. The third kappa shape index (κ3) is 4.46. The predicted octanol–water partition coefficient (Wildman–Crippen LogP) is 3.27. The fraction of sp³-hybridized carbons (Fsp3) is 0.588. The lowest BCUT2D eigenvalue weighted by molar-refractivity contribution is 0.0691. The maximum atomic E-state index is 11.1. The number of hydrogen-bond donors (Lipinski definition) is 1. The van der Waals surface area contributed by atoms with Crippen LogP contribution in [0, 0.1) is 5.92 Å². The summed E-state index contributed by atoms with van der Waals surface area (Å²) in [7, 11) is 0. The Labute approximate surface area is 126 Å². The molecule has 0 bridgehead atoms. The summed E-state index contributed by atoms with van der Waals surface area (Å²) in [4.78, 5) is 13.6. The van der Waals surface area contributed by atoms with E-state index in [0.29, 0.717) is 18.4 Å². The molecule has 2 atom stereocenters. The summed E-state index contributed by atoms with van der Waals surface area (Å²) >= 11 is 0. The van der Waals surface area contributed by atoms with Crippen LogP contribution in [0.1, 0.15) is 43.5 Å². The first-order valence-electron chi connectivity index (χ1n) is 7.77. The molecule has 2 rings (SSSR count). The summed E-state index contributed by atoms with van der Waals surface area (Å²) in [5.74, 6) is 0.351. The van der Waals surface area contributed by atoms with Gasteiger partial charge in [0.15, 0.2) is 0 Å². The van der Waals surface area contributed by atoms with Crippen molar-refractivity contribution in [1.82, 2.24) is 4.90 Å². The number of para-hydroxylation sites is 1. The standard InChI is InChI=1S/C17H25NO3/c1-13-8-10-18(14(2)12-13)9-5-11-21-16-7-4-3-6-15(16)17(19)20/h3-4,6-7,13-14H,5,8-12H2,1-2H3,(H,19,20). The molecule has 1 aliphatic heterocycles. The molecule has 1 aromatic carbocycles. The Morgan fingerprint density at radius 2 is 2.14 bits per heavy atom. The van der Waals surface area contributed by atoms with Crippen LogP contribution in [0.4, 0.5) is 0 Å². The molecule has 0 saturated carbocycles. The van der Waals surface area contributed by atoms with Crippen LogP contribution in [0.3, 0.4) is 0 Å². The lowest BCUT2D eigenvalue weighted by Gasteiger charge is -2.36. The molecule has 21 heavy (non-hydrogen) atoms. The van der Waals surface area contributed by atoms with E-state index in [1.807, 2.05) is 0 Å². The molecule has 1 fully saturated rings. The number of likely N-dealkylation sites (tertiary alicyclic amines) is 1. The molecule has 0 radical (unpaired) electrons. The van der Waals surface area contributed by atoms with Gasteiger partial charge in [-0.2, -0.15) is 0 Å². The molecular weight excluding hydrogens is 266 g/mol. The molecule has 1 saturated heterocycles. The van der Waals surface area contributed by atoms with E-state index in [-0.39, 0.29) is 5.56 Å². The molecule has 1 aromatic rings. The van der Waals surface area contributed by atoms with E-state index in [2.05, 4.69) is 18.7 Å². The molecule has 4 heteroatoms. The highest BCUT2D eigenvalue weighted by atomic mass is 16.5. The third-order valence-electron chi connectivity index (χ3n) is 4.24. The maximum absolute atomic E-state index is 11.1. The van der Waals surface area contributed by atoms with Gasteiger partial charge in [0.2, 0.25) is 0 Å². The molecule has 0 aromatic heterocycles. The quantitative estimate of drug-likeness (QED) is 0.817. The van der Waals surface area contributed by atoms with Crippen LogP contribution >= 0.6 is 0 Å². The van der Waals surface area contributed by atoms with E-state index in [9.17, 15) is 4.79 Å². The van der Waals surface area contributed by atoms with Crippen LogP contribution in [-0.4, -0.2) is 41.7 Å². The number of nitrogens with zero attached hydrogens (tertiary/aromatic N) is 1. The van der Waals surface area contributed by atoms with Crippen molar-refractivity contribution in [3.05, 3.63) is 29.8 Å². The average Bonchev–Trinajstić information content (AvgIpc) is 2.45. The number of ether oxygens (including phenoxy) is 1. The largest absolute Gasteiger partial charge is 0.493 e. The van der Waals surface area contributed by atoms with Crippen molar-refractivity contribution < 1.29 is 14.6 Å². The highest BCUT2D eigenvalue weighted by Crippen LogP contribution is 2.22. The van der Waals surface area contributed by atoms with Gasteiger partial charge in [-0.1, -0.05) is 19.1 Å². The van der Waals surface area contributed by atoms with Crippen molar-refractivity contribution in [3.63, 3.8) is 0 Å². The van der Waals surface area contributed by atoms with Crippen molar-refractivity contribution >= 4 is 5.97 Å². The number of hydrogen-bond acceptors (Lipinski definition) is 3. The molecule has 0 amide bonds. The maximum Gasteiger partial charge on any atom is 0.339 e. The fourth-order valence-electron chi connectivity index (χ4n) is 3.01. The van der Waals surface area contributed by atoms with E-state index in [4.69, 9.17) is 9.84 Å². The zero-order chi connectivity index (χ0) is 15.2. The van der Waals surface area contributed by atoms with Gasteiger partial charge in [0.1, 0.15) is 11.3 Å². The molecule has 1 N–H and O–H groups in total. The number of rotatable bonds is 6.